The lowest BCUT2D eigenvalue weighted by Gasteiger charge is -2.46. The summed E-state index contributed by atoms with van der Waals surface area (Å²) in [7, 11) is 0. The Morgan fingerprint density at radius 2 is 2.27 bits per heavy atom. The quantitative estimate of drug-likeness (QED) is 0.683. The average molecular weight is 210 g/mol. The van der Waals surface area contributed by atoms with Crippen molar-refractivity contribution in [1.29, 1.82) is 0 Å². The summed E-state index contributed by atoms with van der Waals surface area (Å²) >= 11 is 0. The van der Waals surface area contributed by atoms with Crippen LogP contribution in [0.5, 0.6) is 0 Å². The van der Waals surface area contributed by atoms with Crippen molar-refractivity contribution in [3.8, 4) is 0 Å². The van der Waals surface area contributed by atoms with E-state index < -0.39 is 0 Å². The van der Waals surface area contributed by atoms with Crippen molar-refractivity contribution >= 4 is 0 Å². The lowest BCUT2D eigenvalue weighted by molar-refractivity contribution is 0.113. The maximum absolute atomic E-state index is 6.01. The maximum Gasteiger partial charge on any atom is 0.0337 e. The molecule has 0 aromatic carbocycles. The smallest absolute Gasteiger partial charge is 0.0337 e. The Morgan fingerprint density at radius 3 is 2.80 bits per heavy atom. The molecule has 3 N–H and O–H groups in total. The van der Waals surface area contributed by atoms with Crippen LogP contribution >= 0.6 is 0 Å². The summed E-state index contributed by atoms with van der Waals surface area (Å²) in [6, 6.07) is 0. The zero-order chi connectivity index (χ0) is 11.3. The van der Waals surface area contributed by atoms with Crippen molar-refractivity contribution in [1.82, 2.24) is 5.32 Å². The zero-order valence-corrected chi connectivity index (χ0v) is 10.3. The summed E-state index contributed by atoms with van der Waals surface area (Å²) in [5.74, 6) is 1.43. The third-order valence-electron chi connectivity index (χ3n) is 3.87. The average Bonchev–Trinajstić information content (AvgIpc) is 2.26. The van der Waals surface area contributed by atoms with Crippen LogP contribution in [0.1, 0.15) is 39.5 Å². The van der Waals surface area contributed by atoms with Crippen LogP contribution in [-0.2, 0) is 0 Å². The molecule has 15 heavy (non-hydrogen) atoms. The maximum atomic E-state index is 6.01. The monoisotopic (exact) mass is 210 g/mol. The molecule has 2 unspecified atom stereocenters. The molecular weight excluding hydrogens is 184 g/mol. The Hall–Kier alpha value is -0.340. The minimum absolute atomic E-state index is 0.167. The number of rotatable bonds is 5. The molecule has 0 bridgehead atoms. The minimum atomic E-state index is 0.167. The largest absolute Gasteiger partial charge is 0.329 e. The molecule has 1 fully saturated rings. The van der Waals surface area contributed by atoms with Gasteiger partial charge in [0.2, 0.25) is 0 Å². The SMILES string of the molecule is C=CCNC1(CN)CCCCC1C(C)C. The topological polar surface area (TPSA) is 38.0 Å². The predicted molar refractivity (Wildman–Crippen MR) is 66.8 cm³/mol. The molecule has 1 aliphatic carbocycles. The van der Waals surface area contributed by atoms with Gasteiger partial charge in [-0.05, 0) is 24.7 Å². The van der Waals surface area contributed by atoms with Crippen LogP contribution in [0.3, 0.4) is 0 Å². The molecule has 0 saturated heterocycles. The Labute approximate surface area is 94.3 Å². The van der Waals surface area contributed by atoms with Crippen molar-refractivity contribution in [3.63, 3.8) is 0 Å². The van der Waals surface area contributed by atoms with Gasteiger partial charge in [0.1, 0.15) is 0 Å². The van der Waals surface area contributed by atoms with Gasteiger partial charge in [0, 0.05) is 18.6 Å². The molecule has 0 aliphatic heterocycles. The van der Waals surface area contributed by atoms with Gasteiger partial charge in [-0.15, -0.1) is 6.58 Å². The lowest BCUT2D eigenvalue weighted by Crippen LogP contribution is -2.59. The van der Waals surface area contributed by atoms with E-state index in [-0.39, 0.29) is 5.54 Å². The summed E-state index contributed by atoms with van der Waals surface area (Å²) in [5.41, 5.74) is 6.18. The molecule has 1 aliphatic rings. The molecule has 0 heterocycles. The van der Waals surface area contributed by atoms with E-state index in [0.717, 1.165) is 19.0 Å². The Kier molecular flexibility index (Phi) is 4.81. The standard InChI is InChI=1S/C13H26N2/c1-4-9-15-13(10-14)8-6-5-7-12(13)11(2)3/h4,11-12,15H,1,5-10,14H2,2-3H3. The summed E-state index contributed by atoms with van der Waals surface area (Å²) < 4.78 is 0. The molecule has 88 valence electrons. The molecule has 0 aromatic heterocycles. The molecule has 1 rings (SSSR count). The first-order valence-corrected chi connectivity index (χ1v) is 6.22. The molecule has 0 spiro atoms. The molecule has 2 atom stereocenters. The van der Waals surface area contributed by atoms with Crippen LogP contribution in [0, 0.1) is 11.8 Å². The first-order valence-electron chi connectivity index (χ1n) is 6.22. The first-order chi connectivity index (χ1) is 7.16. The van der Waals surface area contributed by atoms with E-state index in [1.165, 1.54) is 25.7 Å². The summed E-state index contributed by atoms with van der Waals surface area (Å²) in [5, 5.41) is 3.62. The Bertz CT molecular complexity index is 201. The first kappa shape index (κ1) is 12.7. The predicted octanol–water partition coefficient (Wildman–Crippen LogP) is 2.31. The fraction of sp³-hybridized carbons (Fsp3) is 0.846. The van der Waals surface area contributed by atoms with E-state index in [4.69, 9.17) is 5.73 Å². The Morgan fingerprint density at radius 1 is 1.53 bits per heavy atom. The van der Waals surface area contributed by atoms with Crippen LogP contribution in [-0.4, -0.2) is 18.6 Å². The van der Waals surface area contributed by atoms with Gasteiger partial charge in [-0.1, -0.05) is 32.8 Å². The highest BCUT2D eigenvalue weighted by atomic mass is 15.0. The number of hydrogen-bond acceptors (Lipinski definition) is 2. The van der Waals surface area contributed by atoms with Crippen LogP contribution in [0.25, 0.3) is 0 Å². The van der Waals surface area contributed by atoms with Crippen molar-refractivity contribution < 1.29 is 0 Å². The number of nitrogens with two attached hydrogens (primary N) is 1. The van der Waals surface area contributed by atoms with Crippen LogP contribution < -0.4 is 11.1 Å². The molecule has 2 nitrogen and oxygen atoms in total. The molecule has 1 saturated carbocycles. The second-order valence-corrected chi connectivity index (χ2v) is 5.13. The van der Waals surface area contributed by atoms with Crippen molar-refractivity contribution in [2.45, 2.75) is 45.1 Å². The van der Waals surface area contributed by atoms with E-state index in [1.54, 1.807) is 0 Å². The van der Waals surface area contributed by atoms with Gasteiger partial charge in [0.05, 0.1) is 0 Å². The van der Waals surface area contributed by atoms with Crippen molar-refractivity contribution in [2.24, 2.45) is 17.6 Å². The van der Waals surface area contributed by atoms with Gasteiger partial charge in [-0.2, -0.15) is 0 Å². The summed E-state index contributed by atoms with van der Waals surface area (Å²) in [6.07, 6.45) is 7.15. The third kappa shape index (κ3) is 2.82. The fourth-order valence-electron chi connectivity index (χ4n) is 3.06. The minimum Gasteiger partial charge on any atom is -0.329 e. The number of nitrogens with one attached hydrogen (secondary N) is 1. The van der Waals surface area contributed by atoms with Crippen LogP contribution in [0.15, 0.2) is 12.7 Å². The van der Waals surface area contributed by atoms with Crippen molar-refractivity contribution in [2.75, 3.05) is 13.1 Å². The van der Waals surface area contributed by atoms with Crippen LogP contribution in [0.4, 0.5) is 0 Å². The van der Waals surface area contributed by atoms with Gasteiger partial charge >= 0.3 is 0 Å². The van der Waals surface area contributed by atoms with E-state index >= 15 is 0 Å². The van der Waals surface area contributed by atoms with E-state index in [0.29, 0.717) is 5.92 Å². The highest BCUT2D eigenvalue weighted by Crippen LogP contribution is 2.37. The normalized spacial score (nSPS) is 31.9. The highest BCUT2D eigenvalue weighted by molar-refractivity contribution is 5.00. The van der Waals surface area contributed by atoms with Gasteiger partial charge in [0.15, 0.2) is 0 Å². The molecule has 0 amide bonds. The second-order valence-electron chi connectivity index (χ2n) is 5.13. The molecule has 0 aromatic rings. The van der Waals surface area contributed by atoms with E-state index in [9.17, 15) is 0 Å². The fourth-order valence-corrected chi connectivity index (χ4v) is 3.06. The summed E-state index contributed by atoms with van der Waals surface area (Å²) in [4.78, 5) is 0. The highest BCUT2D eigenvalue weighted by Gasteiger charge is 2.40. The van der Waals surface area contributed by atoms with Gasteiger partial charge in [0.25, 0.3) is 0 Å². The van der Waals surface area contributed by atoms with Gasteiger partial charge in [-0.3, -0.25) is 0 Å². The molecule has 0 radical (unpaired) electrons. The summed E-state index contributed by atoms with van der Waals surface area (Å²) in [6.45, 7) is 10.0. The number of hydrogen-bond donors (Lipinski definition) is 2. The van der Waals surface area contributed by atoms with E-state index in [2.05, 4.69) is 25.7 Å². The third-order valence-corrected chi connectivity index (χ3v) is 3.87. The van der Waals surface area contributed by atoms with Gasteiger partial charge < -0.3 is 11.1 Å². The zero-order valence-electron chi connectivity index (χ0n) is 10.3. The van der Waals surface area contributed by atoms with Crippen LogP contribution in [0.2, 0.25) is 0 Å². The molecule has 2 heteroatoms. The van der Waals surface area contributed by atoms with E-state index in [1.807, 2.05) is 6.08 Å². The Balaban J connectivity index is 2.75. The van der Waals surface area contributed by atoms with Crippen molar-refractivity contribution in [3.05, 3.63) is 12.7 Å². The second kappa shape index (κ2) is 5.66. The molecular formula is C13H26N2. The van der Waals surface area contributed by atoms with Gasteiger partial charge in [-0.25, -0.2) is 0 Å². The lowest BCUT2D eigenvalue weighted by atomic mass is 9.68.